The van der Waals surface area contributed by atoms with Crippen LogP contribution in [0.15, 0.2) is 42.6 Å². The average Bonchev–Trinajstić information content (AvgIpc) is 3.06. The molecule has 0 aliphatic heterocycles. The molecule has 0 aliphatic carbocycles. The number of benzene rings is 1. The molecular formula is C17H12F3N5O2. The van der Waals surface area contributed by atoms with Crippen LogP contribution >= 0.6 is 0 Å². The van der Waals surface area contributed by atoms with Crippen molar-refractivity contribution in [3.05, 3.63) is 59.5 Å². The number of para-hydroxylation sites is 1. The summed E-state index contributed by atoms with van der Waals surface area (Å²) in [5.41, 5.74) is -0.335. The fraction of sp³-hybridized carbons (Fsp3) is 0.176. The maximum atomic E-state index is 12.8. The number of ether oxygens (including phenoxy) is 1. The van der Waals surface area contributed by atoms with Gasteiger partial charge < -0.3 is 10.1 Å². The Morgan fingerprint density at radius 2 is 2.00 bits per heavy atom. The number of fused-ring (bicyclic) bond motifs is 1. The van der Waals surface area contributed by atoms with E-state index in [-0.39, 0.29) is 35.9 Å². The molecule has 0 aliphatic rings. The molecule has 0 unspecified atom stereocenters. The summed E-state index contributed by atoms with van der Waals surface area (Å²) >= 11 is 0. The van der Waals surface area contributed by atoms with Gasteiger partial charge in [0.25, 0.3) is 5.91 Å². The maximum absolute atomic E-state index is 12.8. The Hall–Kier alpha value is -3.61. The number of nitriles is 1. The fourth-order valence-corrected chi connectivity index (χ4v) is 2.28. The number of nitrogens with zero attached hydrogens (tertiary/aromatic N) is 4. The van der Waals surface area contributed by atoms with Crippen LogP contribution in [0.5, 0.6) is 5.75 Å². The van der Waals surface area contributed by atoms with E-state index in [0.717, 1.165) is 16.7 Å². The first-order valence-corrected chi connectivity index (χ1v) is 7.68. The Balaban J connectivity index is 1.64. The van der Waals surface area contributed by atoms with E-state index in [1.54, 1.807) is 24.3 Å². The van der Waals surface area contributed by atoms with Gasteiger partial charge in [-0.2, -0.15) is 18.4 Å². The molecule has 2 aromatic heterocycles. The fourth-order valence-electron chi connectivity index (χ4n) is 2.28. The molecule has 0 atom stereocenters. The SMILES string of the molecule is N#Cc1ccccc1OCC(=O)NCc1nnc2ccc(C(F)(F)F)cn12. The van der Waals surface area contributed by atoms with E-state index in [2.05, 4.69) is 15.5 Å². The lowest BCUT2D eigenvalue weighted by Gasteiger charge is -2.09. The predicted molar refractivity (Wildman–Crippen MR) is 86.5 cm³/mol. The quantitative estimate of drug-likeness (QED) is 0.739. The van der Waals surface area contributed by atoms with Crippen LogP contribution in [0.2, 0.25) is 0 Å². The van der Waals surface area contributed by atoms with Gasteiger partial charge in [-0.1, -0.05) is 12.1 Å². The number of aromatic nitrogens is 3. The molecule has 1 aromatic carbocycles. The first-order valence-electron chi connectivity index (χ1n) is 7.68. The van der Waals surface area contributed by atoms with E-state index < -0.39 is 17.6 Å². The first-order chi connectivity index (χ1) is 12.9. The lowest BCUT2D eigenvalue weighted by Crippen LogP contribution is -2.29. The van der Waals surface area contributed by atoms with Gasteiger partial charge in [-0.25, -0.2) is 0 Å². The minimum absolute atomic E-state index is 0.134. The van der Waals surface area contributed by atoms with Crippen molar-refractivity contribution in [2.45, 2.75) is 12.7 Å². The van der Waals surface area contributed by atoms with E-state index >= 15 is 0 Å². The summed E-state index contributed by atoms with van der Waals surface area (Å²) in [6, 6.07) is 10.5. The Bertz CT molecular complexity index is 1020. The van der Waals surface area contributed by atoms with Crippen LogP contribution in [-0.2, 0) is 17.5 Å². The number of halogens is 3. The van der Waals surface area contributed by atoms with Crippen LogP contribution in [0.25, 0.3) is 5.65 Å². The largest absolute Gasteiger partial charge is 0.482 e. The highest BCUT2D eigenvalue weighted by Gasteiger charge is 2.31. The molecule has 2 heterocycles. The van der Waals surface area contributed by atoms with E-state index in [1.807, 2.05) is 6.07 Å². The molecule has 3 aromatic rings. The van der Waals surface area contributed by atoms with Crippen molar-refractivity contribution in [2.24, 2.45) is 0 Å². The minimum Gasteiger partial charge on any atom is -0.482 e. The molecule has 27 heavy (non-hydrogen) atoms. The van der Waals surface area contributed by atoms with Gasteiger partial charge in [-0.15, -0.1) is 10.2 Å². The van der Waals surface area contributed by atoms with Crippen LogP contribution in [0.3, 0.4) is 0 Å². The predicted octanol–water partition coefficient (Wildman–Crippen LogP) is 2.31. The third-order valence-corrected chi connectivity index (χ3v) is 3.61. The summed E-state index contributed by atoms with van der Waals surface area (Å²) in [5.74, 6) is -0.119. The van der Waals surface area contributed by atoms with Gasteiger partial charge in [0.2, 0.25) is 0 Å². The van der Waals surface area contributed by atoms with Crippen LogP contribution in [0, 0.1) is 11.3 Å². The lowest BCUT2D eigenvalue weighted by molar-refractivity contribution is -0.137. The number of amides is 1. The van der Waals surface area contributed by atoms with Gasteiger partial charge in [0, 0.05) is 6.20 Å². The number of hydrogen-bond acceptors (Lipinski definition) is 5. The van der Waals surface area contributed by atoms with Crippen LogP contribution < -0.4 is 10.1 Å². The molecule has 0 bridgehead atoms. The molecule has 0 saturated heterocycles. The number of rotatable bonds is 5. The highest BCUT2D eigenvalue weighted by atomic mass is 19.4. The van der Waals surface area contributed by atoms with Crippen molar-refractivity contribution in [3.8, 4) is 11.8 Å². The second-order valence-corrected chi connectivity index (χ2v) is 5.43. The summed E-state index contributed by atoms with van der Waals surface area (Å²) < 4.78 is 44.9. The molecule has 0 fully saturated rings. The standard InChI is InChI=1S/C17H12F3N5O2/c18-17(19,20)12-5-6-14-23-24-15(25(14)9-12)8-22-16(26)10-27-13-4-2-1-3-11(13)7-21/h1-6,9H,8,10H2,(H,22,26). The van der Waals surface area contributed by atoms with Gasteiger partial charge >= 0.3 is 6.18 Å². The molecule has 10 heteroatoms. The summed E-state index contributed by atoms with van der Waals surface area (Å²) in [6.45, 7) is -0.492. The highest BCUT2D eigenvalue weighted by molar-refractivity contribution is 5.77. The molecule has 7 nitrogen and oxygen atoms in total. The molecule has 138 valence electrons. The number of nitrogens with one attached hydrogen (secondary N) is 1. The Labute approximate surface area is 151 Å². The number of alkyl halides is 3. The van der Waals surface area contributed by atoms with Gasteiger partial charge in [-0.05, 0) is 24.3 Å². The normalized spacial score (nSPS) is 11.2. The molecule has 1 amide bonds. The molecule has 0 radical (unpaired) electrons. The van der Waals surface area contributed by atoms with Crippen LogP contribution in [-0.4, -0.2) is 27.1 Å². The number of hydrogen-bond donors (Lipinski definition) is 1. The monoisotopic (exact) mass is 375 g/mol. The molecule has 0 saturated carbocycles. The smallest absolute Gasteiger partial charge is 0.417 e. The van der Waals surface area contributed by atoms with E-state index in [9.17, 15) is 18.0 Å². The number of carbonyl (C=O) groups is 1. The molecule has 1 N–H and O–H groups in total. The van der Waals surface area contributed by atoms with Crippen molar-refractivity contribution in [3.63, 3.8) is 0 Å². The molecular weight excluding hydrogens is 363 g/mol. The second kappa shape index (κ2) is 7.33. The van der Waals surface area contributed by atoms with Crippen molar-refractivity contribution < 1.29 is 22.7 Å². The third-order valence-electron chi connectivity index (χ3n) is 3.61. The zero-order chi connectivity index (χ0) is 19.4. The van der Waals surface area contributed by atoms with Crippen LogP contribution in [0.4, 0.5) is 13.2 Å². The Kier molecular flexibility index (Phi) is 4.94. The van der Waals surface area contributed by atoms with Crippen molar-refractivity contribution in [1.29, 1.82) is 5.26 Å². The van der Waals surface area contributed by atoms with E-state index in [1.165, 1.54) is 6.07 Å². The summed E-state index contributed by atoms with van der Waals surface area (Å²) in [4.78, 5) is 11.9. The molecule has 3 rings (SSSR count). The topological polar surface area (TPSA) is 92.3 Å². The van der Waals surface area contributed by atoms with E-state index in [4.69, 9.17) is 10.00 Å². The van der Waals surface area contributed by atoms with Gasteiger partial charge in [-0.3, -0.25) is 9.20 Å². The van der Waals surface area contributed by atoms with Crippen molar-refractivity contribution in [2.75, 3.05) is 6.61 Å². The van der Waals surface area contributed by atoms with Crippen LogP contribution in [0.1, 0.15) is 17.0 Å². The maximum Gasteiger partial charge on any atom is 0.417 e. The van der Waals surface area contributed by atoms with Crippen molar-refractivity contribution >= 4 is 11.6 Å². The van der Waals surface area contributed by atoms with Gasteiger partial charge in [0.15, 0.2) is 18.1 Å². The highest BCUT2D eigenvalue weighted by Crippen LogP contribution is 2.29. The zero-order valence-electron chi connectivity index (χ0n) is 13.7. The summed E-state index contributed by atoms with van der Waals surface area (Å²) in [6.07, 6.45) is -3.63. The van der Waals surface area contributed by atoms with Gasteiger partial charge in [0.1, 0.15) is 11.8 Å². The zero-order valence-corrected chi connectivity index (χ0v) is 13.7. The number of pyridine rings is 1. The van der Waals surface area contributed by atoms with E-state index in [0.29, 0.717) is 0 Å². The van der Waals surface area contributed by atoms with Crippen molar-refractivity contribution in [1.82, 2.24) is 19.9 Å². The second-order valence-electron chi connectivity index (χ2n) is 5.43. The first kappa shape index (κ1) is 18.2. The third kappa shape index (κ3) is 4.14. The Morgan fingerprint density at radius 3 is 2.74 bits per heavy atom. The Morgan fingerprint density at radius 1 is 1.22 bits per heavy atom. The van der Waals surface area contributed by atoms with Gasteiger partial charge in [0.05, 0.1) is 17.7 Å². The summed E-state index contributed by atoms with van der Waals surface area (Å²) in [5, 5.41) is 19.0. The summed E-state index contributed by atoms with van der Waals surface area (Å²) in [7, 11) is 0. The lowest BCUT2D eigenvalue weighted by atomic mass is 10.2. The average molecular weight is 375 g/mol. The molecule has 0 spiro atoms. The minimum atomic E-state index is -4.50. The number of carbonyl (C=O) groups excluding carboxylic acids is 1.